The molecule has 3 N–H and O–H groups in total. The summed E-state index contributed by atoms with van der Waals surface area (Å²) in [6, 6.07) is 8.33. The topological polar surface area (TPSA) is 58.4 Å². The zero-order valence-corrected chi connectivity index (χ0v) is 12.3. The number of hydrogen-bond acceptors (Lipinski definition) is 3. The Bertz CT molecular complexity index is 418. The number of nitrogens with zero attached hydrogens (tertiary/aromatic N) is 1. The molecular formula is C15H25N3O. The molecule has 1 atom stereocenters. The Labute approximate surface area is 116 Å². The molecule has 4 heteroatoms. The average Bonchev–Trinajstić information content (AvgIpc) is 2.34. The van der Waals surface area contributed by atoms with Crippen molar-refractivity contribution in [2.45, 2.75) is 39.3 Å². The molecule has 0 fully saturated rings. The molecule has 0 saturated carbocycles. The summed E-state index contributed by atoms with van der Waals surface area (Å²) >= 11 is 0. The van der Waals surface area contributed by atoms with Gasteiger partial charge < -0.3 is 11.1 Å². The first-order valence-electron chi connectivity index (χ1n) is 6.75. The quantitative estimate of drug-likeness (QED) is 0.773. The normalized spacial score (nSPS) is 12.7. The van der Waals surface area contributed by atoms with E-state index in [4.69, 9.17) is 5.73 Å². The van der Waals surface area contributed by atoms with Crippen molar-refractivity contribution in [3.63, 3.8) is 0 Å². The van der Waals surface area contributed by atoms with Gasteiger partial charge in [-0.1, -0.05) is 12.1 Å². The first-order valence-corrected chi connectivity index (χ1v) is 6.75. The van der Waals surface area contributed by atoms with Crippen molar-refractivity contribution in [3.05, 3.63) is 29.8 Å². The summed E-state index contributed by atoms with van der Waals surface area (Å²) in [5.74, 6) is 0.0987. The minimum absolute atomic E-state index is 0.0987. The highest BCUT2D eigenvalue weighted by atomic mass is 16.1. The molecule has 1 unspecified atom stereocenters. The number of nitrogens with one attached hydrogen (secondary N) is 1. The van der Waals surface area contributed by atoms with Gasteiger partial charge in [0.25, 0.3) is 0 Å². The summed E-state index contributed by atoms with van der Waals surface area (Å²) in [5.41, 5.74) is 7.74. The van der Waals surface area contributed by atoms with Gasteiger partial charge in [0, 0.05) is 30.7 Å². The fourth-order valence-electron chi connectivity index (χ4n) is 1.94. The summed E-state index contributed by atoms with van der Waals surface area (Å²) in [6.07, 6.45) is 0.515. The van der Waals surface area contributed by atoms with Crippen LogP contribution in [-0.4, -0.2) is 30.4 Å². The highest BCUT2D eigenvalue weighted by Gasteiger charge is 2.13. The Morgan fingerprint density at radius 2 is 2.05 bits per heavy atom. The van der Waals surface area contributed by atoms with E-state index in [1.165, 1.54) is 5.56 Å². The number of benzene rings is 1. The summed E-state index contributed by atoms with van der Waals surface area (Å²) in [4.78, 5) is 13.8. The molecule has 19 heavy (non-hydrogen) atoms. The molecule has 0 heterocycles. The van der Waals surface area contributed by atoms with E-state index in [2.05, 4.69) is 23.2 Å². The van der Waals surface area contributed by atoms with E-state index in [0.717, 1.165) is 12.2 Å². The predicted octanol–water partition coefficient (Wildman–Crippen LogP) is 2.18. The molecule has 1 aromatic carbocycles. The second-order valence-electron chi connectivity index (χ2n) is 5.30. The van der Waals surface area contributed by atoms with Gasteiger partial charge in [0.05, 0.1) is 0 Å². The van der Waals surface area contributed by atoms with Crippen molar-refractivity contribution in [2.75, 3.05) is 19.3 Å². The number of anilines is 1. The lowest BCUT2D eigenvalue weighted by molar-refractivity contribution is -0.121. The molecule has 1 rings (SSSR count). The second kappa shape index (κ2) is 7.14. The largest absolute Gasteiger partial charge is 0.399 e. The van der Waals surface area contributed by atoms with Crippen molar-refractivity contribution in [1.82, 2.24) is 10.2 Å². The van der Waals surface area contributed by atoms with Crippen LogP contribution in [0.25, 0.3) is 0 Å². The number of nitrogen functional groups attached to an aromatic ring is 1. The maximum atomic E-state index is 11.6. The zero-order chi connectivity index (χ0) is 14.4. The third-order valence-electron chi connectivity index (χ3n) is 3.20. The SMILES string of the molecule is CC(C)NC(=O)CCN(C)C(C)c1cccc(N)c1. The smallest absolute Gasteiger partial charge is 0.221 e. The van der Waals surface area contributed by atoms with Gasteiger partial charge in [-0.25, -0.2) is 0 Å². The second-order valence-corrected chi connectivity index (χ2v) is 5.30. The molecule has 106 valence electrons. The number of rotatable bonds is 6. The van der Waals surface area contributed by atoms with Crippen molar-refractivity contribution in [3.8, 4) is 0 Å². The highest BCUT2D eigenvalue weighted by Crippen LogP contribution is 2.20. The van der Waals surface area contributed by atoms with Crippen molar-refractivity contribution >= 4 is 11.6 Å². The van der Waals surface area contributed by atoms with Crippen LogP contribution in [0.15, 0.2) is 24.3 Å². The molecule has 0 bridgehead atoms. The number of hydrogen-bond donors (Lipinski definition) is 2. The van der Waals surface area contributed by atoms with Crippen molar-refractivity contribution < 1.29 is 4.79 Å². The maximum absolute atomic E-state index is 11.6. The fourth-order valence-corrected chi connectivity index (χ4v) is 1.94. The molecule has 0 spiro atoms. The van der Waals surface area contributed by atoms with Crippen molar-refractivity contribution in [2.24, 2.45) is 0 Å². The molecule has 0 aliphatic heterocycles. The Hall–Kier alpha value is -1.55. The van der Waals surface area contributed by atoms with E-state index in [0.29, 0.717) is 6.42 Å². The standard InChI is InChI=1S/C15H25N3O/c1-11(2)17-15(19)8-9-18(4)12(3)13-6-5-7-14(16)10-13/h5-7,10-12H,8-9,16H2,1-4H3,(H,17,19). The van der Waals surface area contributed by atoms with Crippen LogP contribution in [-0.2, 0) is 4.79 Å². The van der Waals surface area contributed by atoms with Crippen LogP contribution in [0.1, 0.15) is 38.8 Å². The lowest BCUT2D eigenvalue weighted by Gasteiger charge is -2.25. The fraction of sp³-hybridized carbons (Fsp3) is 0.533. The van der Waals surface area contributed by atoms with Gasteiger partial charge in [0.15, 0.2) is 0 Å². The molecule has 0 radical (unpaired) electrons. The maximum Gasteiger partial charge on any atom is 0.221 e. The number of amides is 1. The van der Waals surface area contributed by atoms with Crippen LogP contribution in [0, 0.1) is 0 Å². The van der Waals surface area contributed by atoms with Crippen molar-refractivity contribution in [1.29, 1.82) is 0 Å². The van der Waals surface area contributed by atoms with Crippen LogP contribution >= 0.6 is 0 Å². The molecule has 0 aliphatic carbocycles. The minimum atomic E-state index is 0.0987. The molecule has 1 aromatic rings. The molecular weight excluding hydrogens is 238 g/mol. The van der Waals surface area contributed by atoms with E-state index in [1.54, 1.807) is 0 Å². The van der Waals surface area contributed by atoms with E-state index < -0.39 is 0 Å². The summed E-state index contributed by atoms with van der Waals surface area (Å²) in [5, 5.41) is 2.90. The molecule has 0 aliphatic rings. The monoisotopic (exact) mass is 263 g/mol. The van der Waals surface area contributed by atoms with E-state index in [1.807, 2.05) is 39.1 Å². The Kier molecular flexibility index (Phi) is 5.83. The average molecular weight is 263 g/mol. The molecule has 0 saturated heterocycles. The summed E-state index contributed by atoms with van der Waals surface area (Å²) in [6.45, 7) is 6.79. The van der Waals surface area contributed by atoms with Crippen LogP contribution in [0.4, 0.5) is 5.69 Å². The number of nitrogens with two attached hydrogens (primary N) is 1. The first kappa shape index (κ1) is 15.5. The van der Waals surface area contributed by atoms with Gasteiger partial charge >= 0.3 is 0 Å². The van der Waals surface area contributed by atoms with Gasteiger partial charge in [0.2, 0.25) is 5.91 Å². The third-order valence-corrected chi connectivity index (χ3v) is 3.20. The van der Waals surface area contributed by atoms with Gasteiger partial charge in [0.1, 0.15) is 0 Å². The highest BCUT2D eigenvalue weighted by molar-refractivity contribution is 5.76. The van der Waals surface area contributed by atoms with E-state index in [-0.39, 0.29) is 18.0 Å². The molecule has 4 nitrogen and oxygen atoms in total. The van der Waals surface area contributed by atoms with Crippen LogP contribution in [0.5, 0.6) is 0 Å². The van der Waals surface area contributed by atoms with Gasteiger partial charge in [-0.2, -0.15) is 0 Å². The Morgan fingerprint density at radius 1 is 1.37 bits per heavy atom. The van der Waals surface area contributed by atoms with E-state index in [9.17, 15) is 4.79 Å². The van der Waals surface area contributed by atoms with Crippen LogP contribution < -0.4 is 11.1 Å². The number of carbonyl (C=O) groups excluding carboxylic acids is 1. The van der Waals surface area contributed by atoms with E-state index >= 15 is 0 Å². The zero-order valence-electron chi connectivity index (χ0n) is 12.3. The van der Waals surface area contributed by atoms with Gasteiger partial charge in [-0.15, -0.1) is 0 Å². The first-order chi connectivity index (χ1) is 8.90. The predicted molar refractivity (Wildman–Crippen MR) is 79.8 cm³/mol. The van der Waals surface area contributed by atoms with Gasteiger partial charge in [-0.3, -0.25) is 9.69 Å². The number of carbonyl (C=O) groups is 1. The summed E-state index contributed by atoms with van der Waals surface area (Å²) in [7, 11) is 2.02. The van der Waals surface area contributed by atoms with Crippen LogP contribution in [0.2, 0.25) is 0 Å². The Balaban J connectivity index is 2.49. The summed E-state index contributed by atoms with van der Waals surface area (Å²) < 4.78 is 0. The van der Waals surface area contributed by atoms with Crippen LogP contribution in [0.3, 0.4) is 0 Å². The molecule has 1 amide bonds. The molecule has 0 aromatic heterocycles. The lowest BCUT2D eigenvalue weighted by Crippen LogP contribution is -2.33. The lowest BCUT2D eigenvalue weighted by atomic mass is 10.1. The van der Waals surface area contributed by atoms with Gasteiger partial charge in [-0.05, 0) is 45.5 Å². The Morgan fingerprint density at radius 3 is 2.63 bits per heavy atom. The third kappa shape index (κ3) is 5.30. The minimum Gasteiger partial charge on any atom is -0.399 e.